The molecule has 1 N–H and O–H groups in total. The molecule has 2 fully saturated rings. The molecular formula is C27H34N8O4Si. The van der Waals surface area contributed by atoms with Gasteiger partial charge in [-0.2, -0.15) is 0 Å². The predicted molar refractivity (Wildman–Crippen MR) is 154 cm³/mol. The molecule has 13 heteroatoms. The van der Waals surface area contributed by atoms with Crippen LogP contribution in [0.25, 0.3) is 27.9 Å². The first kappa shape index (κ1) is 26.5. The van der Waals surface area contributed by atoms with Crippen LogP contribution >= 0.6 is 0 Å². The van der Waals surface area contributed by atoms with Crippen molar-refractivity contribution in [2.24, 2.45) is 5.92 Å². The van der Waals surface area contributed by atoms with E-state index < -0.39 is 8.07 Å². The average Bonchev–Trinajstić information content (AvgIpc) is 3.71. The minimum atomic E-state index is -1.28. The van der Waals surface area contributed by atoms with Crippen molar-refractivity contribution in [3.8, 4) is 11.4 Å². The molecule has 0 radical (unpaired) electrons. The Morgan fingerprint density at radius 3 is 2.70 bits per heavy atom. The van der Waals surface area contributed by atoms with Crippen LogP contribution in [-0.4, -0.2) is 76.3 Å². The maximum absolute atomic E-state index is 13.4. The van der Waals surface area contributed by atoms with E-state index in [4.69, 9.17) is 19.6 Å². The van der Waals surface area contributed by atoms with Crippen LogP contribution in [0.1, 0.15) is 12.8 Å². The summed E-state index contributed by atoms with van der Waals surface area (Å²) in [5.74, 6) is 0.667. The summed E-state index contributed by atoms with van der Waals surface area (Å²) in [4.78, 5) is 32.8. The minimum Gasteiger partial charge on any atom is -0.378 e. The largest absolute Gasteiger partial charge is 0.378 e. The van der Waals surface area contributed by atoms with Crippen LogP contribution in [0.4, 0.5) is 11.5 Å². The molecule has 4 aromatic rings. The summed E-state index contributed by atoms with van der Waals surface area (Å²) in [5, 5.41) is 16.5. The lowest BCUT2D eigenvalue weighted by Crippen LogP contribution is -2.36. The predicted octanol–water partition coefficient (Wildman–Crippen LogP) is 3.00. The van der Waals surface area contributed by atoms with E-state index in [0.29, 0.717) is 48.1 Å². The van der Waals surface area contributed by atoms with Crippen molar-refractivity contribution in [2.45, 2.75) is 45.3 Å². The average molecular weight is 563 g/mol. The molecule has 0 atom stereocenters. The SMILES string of the molecule is C[Si](C)(C)CCOCn1cc(-c2nc3ccc(N4CCOCC4)cn3n2)c2cc(NC(=O)C3CC3)nnc2c1=O. The summed E-state index contributed by atoms with van der Waals surface area (Å²) in [6.07, 6.45) is 5.41. The van der Waals surface area contributed by atoms with Gasteiger partial charge in [0.25, 0.3) is 5.56 Å². The number of aromatic nitrogens is 6. The summed E-state index contributed by atoms with van der Waals surface area (Å²) >= 11 is 0. The number of rotatable bonds is 9. The van der Waals surface area contributed by atoms with Crippen LogP contribution in [0.2, 0.25) is 25.7 Å². The van der Waals surface area contributed by atoms with Gasteiger partial charge in [-0.3, -0.25) is 14.2 Å². The number of fused-ring (bicyclic) bond motifs is 2. The molecule has 0 spiro atoms. The van der Waals surface area contributed by atoms with Gasteiger partial charge in [-0.1, -0.05) is 19.6 Å². The van der Waals surface area contributed by atoms with Crippen LogP contribution in [-0.2, 0) is 21.0 Å². The van der Waals surface area contributed by atoms with Gasteiger partial charge in [-0.15, -0.1) is 15.3 Å². The van der Waals surface area contributed by atoms with Crippen LogP contribution in [0.5, 0.6) is 0 Å². The number of carbonyl (C=O) groups excluding carboxylic acids is 1. The van der Waals surface area contributed by atoms with E-state index in [9.17, 15) is 9.59 Å². The van der Waals surface area contributed by atoms with Crippen molar-refractivity contribution >= 4 is 42.0 Å². The lowest BCUT2D eigenvalue weighted by Gasteiger charge is -2.28. The van der Waals surface area contributed by atoms with Crippen molar-refractivity contribution in [1.29, 1.82) is 0 Å². The second-order valence-corrected chi connectivity index (χ2v) is 17.3. The monoisotopic (exact) mass is 562 g/mol. The Morgan fingerprint density at radius 2 is 1.95 bits per heavy atom. The number of pyridine rings is 2. The molecule has 5 heterocycles. The molecule has 2 aliphatic rings. The normalized spacial score (nSPS) is 16.1. The van der Waals surface area contributed by atoms with Crippen molar-refractivity contribution in [2.75, 3.05) is 43.1 Å². The first-order valence-corrected chi connectivity index (χ1v) is 17.4. The van der Waals surface area contributed by atoms with Gasteiger partial charge < -0.3 is 19.7 Å². The summed E-state index contributed by atoms with van der Waals surface area (Å²) < 4.78 is 14.6. The second kappa shape index (κ2) is 10.7. The fraction of sp³-hybridized carbons (Fsp3) is 0.481. The maximum Gasteiger partial charge on any atom is 0.280 e. The van der Waals surface area contributed by atoms with Crippen LogP contribution < -0.4 is 15.8 Å². The maximum atomic E-state index is 13.4. The third kappa shape index (κ3) is 5.76. The van der Waals surface area contributed by atoms with Gasteiger partial charge in [-0.05, 0) is 37.1 Å². The summed E-state index contributed by atoms with van der Waals surface area (Å²) in [6, 6.07) is 6.63. The molecule has 0 bridgehead atoms. The highest BCUT2D eigenvalue weighted by Gasteiger charge is 2.30. The number of hydrogen-bond acceptors (Lipinski definition) is 9. The van der Waals surface area contributed by atoms with Gasteiger partial charge in [0, 0.05) is 50.8 Å². The Bertz CT molecular complexity index is 1620. The molecule has 1 saturated carbocycles. The van der Waals surface area contributed by atoms with Gasteiger partial charge in [0.1, 0.15) is 6.73 Å². The van der Waals surface area contributed by atoms with E-state index in [1.54, 1.807) is 16.8 Å². The Balaban J connectivity index is 1.39. The first-order chi connectivity index (χ1) is 19.2. The topological polar surface area (TPSA) is 129 Å². The van der Waals surface area contributed by atoms with Crippen LogP contribution in [0.3, 0.4) is 0 Å². The highest BCUT2D eigenvalue weighted by Crippen LogP contribution is 2.31. The number of nitrogens with one attached hydrogen (secondary N) is 1. The Morgan fingerprint density at radius 1 is 1.15 bits per heavy atom. The van der Waals surface area contributed by atoms with E-state index >= 15 is 0 Å². The third-order valence-electron chi connectivity index (χ3n) is 7.19. The van der Waals surface area contributed by atoms with Gasteiger partial charge in [0.2, 0.25) is 5.91 Å². The van der Waals surface area contributed by atoms with E-state index in [1.165, 1.54) is 4.57 Å². The number of carbonyl (C=O) groups is 1. The molecule has 1 aliphatic carbocycles. The number of ether oxygens (including phenoxy) is 2. The Labute approximate surface area is 232 Å². The zero-order valence-corrected chi connectivity index (χ0v) is 24.1. The molecule has 0 aromatic carbocycles. The van der Waals surface area contributed by atoms with E-state index in [1.807, 2.05) is 18.3 Å². The van der Waals surface area contributed by atoms with Crippen LogP contribution in [0, 0.1) is 5.92 Å². The smallest absolute Gasteiger partial charge is 0.280 e. The molecule has 6 rings (SSSR count). The second-order valence-electron chi connectivity index (χ2n) is 11.6. The number of nitrogens with zero attached hydrogens (tertiary/aromatic N) is 7. The fourth-order valence-electron chi connectivity index (χ4n) is 4.62. The standard InChI is InChI=1S/C27H34N8O4Si/c1-40(2,3)13-12-39-17-34-16-21(20-14-22(28-26(36)18-4-5-18)30-31-24(20)27(34)37)25-29-23-7-6-19(15-35(23)32-25)33-8-10-38-11-9-33/h6-7,14-16,18H,4-5,8-13,17H2,1-3H3,(H,28,30,36). The molecule has 1 amide bonds. The molecular weight excluding hydrogens is 528 g/mol. The number of amides is 1. The molecule has 1 saturated heterocycles. The third-order valence-corrected chi connectivity index (χ3v) is 8.90. The van der Waals surface area contributed by atoms with Crippen LogP contribution in [0.15, 0.2) is 35.4 Å². The molecule has 40 heavy (non-hydrogen) atoms. The summed E-state index contributed by atoms with van der Waals surface area (Å²) in [7, 11) is -1.28. The number of morpholine rings is 1. The van der Waals surface area contributed by atoms with Gasteiger partial charge in [0.05, 0.1) is 25.1 Å². The number of hydrogen-bond donors (Lipinski definition) is 1. The Hall–Kier alpha value is -3.68. The Kier molecular flexibility index (Phi) is 7.10. The van der Waals surface area contributed by atoms with Gasteiger partial charge in [0.15, 0.2) is 22.8 Å². The molecule has 0 unspecified atom stereocenters. The minimum absolute atomic E-state index is 0.0130. The van der Waals surface area contributed by atoms with Gasteiger partial charge in [-0.25, -0.2) is 9.50 Å². The lowest BCUT2D eigenvalue weighted by molar-refractivity contribution is -0.117. The van der Waals surface area contributed by atoms with Gasteiger partial charge >= 0.3 is 0 Å². The summed E-state index contributed by atoms with van der Waals surface area (Å²) in [6.45, 7) is 10.5. The highest BCUT2D eigenvalue weighted by atomic mass is 28.3. The summed E-state index contributed by atoms with van der Waals surface area (Å²) in [5.41, 5.74) is 2.17. The zero-order valence-electron chi connectivity index (χ0n) is 23.1. The molecule has 12 nitrogen and oxygen atoms in total. The lowest BCUT2D eigenvalue weighted by atomic mass is 10.1. The molecule has 1 aliphatic heterocycles. The molecule has 4 aromatic heterocycles. The van der Waals surface area contributed by atoms with E-state index in [-0.39, 0.29) is 29.6 Å². The van der Waals surface area contributed by atoms with Crippen molar-refractivity contribution < 1.29 is 14.3 Å². The fourth-order valence-corrected chi connectivity index (χ4v) is 5.38. The quantitative estimate of drug-likeness (QED) is 0.242. The van der Waals surface area contributed by atoms with Crippen molar-refractivity contribution in [1.82, 2.24) is 29.4 Å². The van der Waals surface area contributed by atoms with Crippen molar-refractivity contribution in [3.05, 3.63) is 40.9 Å². The zero-order chi connectivity index (χ0) is 27.9. The van der Waals surface area contributed by atoms with E-state index in [2.05, 4.69) is 40.1 Å². The first-order valence-electron chi connectivity index (χ1n) is 13.7. The van der Waals surface area contributed by atoms with E-state index in [0.717, 1.165) is 37.7 Å². The number of anilines is 2. The highest BCUT2D eigenvalue weighted by molar-refractivity contribution is 6.76. The van der Waals surface area contributed by atoms with Crippen molar-refractivity contribution in [3.63, 3.8) is 0 Å². The molecule has 210 valence electrons.